The van der Waals surface area contributed by atoms with Crippen LogP contribution < -0.4 is 0 Å². The standard InChI is InChI=1S/C15H17F3N2O/c1-11-14(20-10-19-11)3-2-8-21-9-12-4-6-13(7-5-12)15(16,17)18/h4-7,10H,2-3,8-9H2,1H3,(H,19,20). The summed E-state index contributed by atoms with van der Waals surface area (Å²) in [7, 11) is 0. The second kappa shape index (κ2) is 6.76. The van der Waals surface area contributed by atoms with Gasteiger partial charge in [-0.3, -0.25) is 0 Å². The lowest BCUT2D eigenvalue weighted by Crippen LogP contribution is -2.05. The molecule has 0 aliphatic heterocycles. The van der Waals surface area contributed by atoms with E-state index < -0.39 is 11.7 Å². The molecule has 0 saturated heterocycles. The summed E-state index contributed by atoms with van der Waals surface area (Å²) in [4.78, 5) is 7.20. The van der Waals surface area contributed by atoms with Gasteiger partial charge in [0.25, 0.3) is 0 Å². The Morgan fingerprint density at radius 1 is 1.19 bits per heavy atom. The molecule has 1 aromatic carbocycles. The van der Waals surface area contributed by atoms with E-state index in [2.05, 4.69) is 9.97 Å². The molecule has 3 nitrogen and oxygen atoms in total. The Morgan fingerprint density at radius 3 is 2.48 bits per heavy atom. The number of ether oxygens (including phenoxy) is 1. The Morgan fingerprint density at radius 2 is 1.90 bits per heavy atom. The molecule has 0 unspecified atom stereocenters. The van der Waals surface area contributed by atoms with E-state index in [4.69, 9.17) is 4.74 Å². The van der Waals surface area contributed by atoms with Gasteiger partial charge in [-0.2, -0.15) is 13.2 Å². The SMILES string of the molecule is Cc1[nH]cnc1CCCOCc1ccc(C(F)(F)F)cc1. The molecule has 0 aliphatic rings. The van der Waals surface area contributed by atoms with Gasteiger partial charge in [0.2, 0.25) is 0 Å². The van der Waals surface area contributed by atoms with Crippen molar-refractivity contribution in [2.45, 2.75) is 32.5 Å². The van der Waals surface area contributed by atoms with Crippen LogP contribution in [-0.4, -0.2) is 16.6 Å². The van der Waals surface area contributed by atoms with Crippen LogP contribution in [0.25, 0.3) is 0 Å². The average Bonchev–Trinajstić information content (AvgIpc) is 2.84. The van der Waals surface area contributed by atoms with Gasteiger partial charge < -0.3 is 9.72 Å². The monoisotopic (exact) mass is 298 g/mol. The molecule has 0 saturated carbocycles. The molecular formula is C15H17F3N2O. The Kier molecular flexibility index (Phi) is 5.01. The quantitative estimate of drug-likeness (QED) is 0.822. The molecule has 1 N–H and O–H groups in total. The summed E-state index contributed by atoms with van der Waals surface area (Å²) in [5, 5.41) is 0. The summed E-state index contributed by atoms with van der Waals surface area (Å²) in [6.45, 7) is 2.83. The summed E-state index contributed by atoms with van der Waals surface area (Å²) in [6.07, 6.45) is -0.983. The van der Waals surface area contributed by atoms with Crippen LogP contribution in [0.4, 0.5) is 13.2 Å². The fraction of sp³-hybridized carbons (Fsp3) is 0.400. The highest BCUT2D eigenvalue weighted by Gasteiger charge is 2.29. The number of aromatic amines is 1. The van der Waals surface area contributed by atoms with E-state index in [0.29, 0.717) is 13.2 Å². The third-order valence-corrected chi connectivity index (χ3v) is 3.19. The van der Waals surface area contributed by atoms with Gasteiger partial charge in [0.1, 0.15) is 0 Å². The van der Waals surface area contributed by atoms with Crippen molar-refractivity contribution < 1.29 is 17.9 Å². The first kappa shape index (κ1) is 15.6. The second-order valence-electron chi connectivity index (χ2n) is 4.83. The van der Waals surface area contributed by atoms with Gasteiger partial charge in [0.05, 0.1) is 24.2 Å². The van der Waals surface area contributed by atoms with Crippen molar-refractivity contribution in [3.05, 3.63) is 53.1 Å². The van der Waals surface area contributed by atoms with Crippen molar-refractivity contribution in [3.63, 3.8) is 0 Å². The van der Waals surface area contributed by atoms with E-state index in [9.17, 15) is 13.2 Å². The summed E-state index contributed by atoms with van der Waals surface area (Å²) in [5.41, 5.74) is 2.17. The molecule has 0 amide bonds. The number of rotatable bonds is 6. The normalized spacial score (nSPS) is 11.8. The number of alkyl halides is 3. The minimum atomic E-state index is -4.29. The Bertz CT molecular complexity index is 561. The van der Waals surface area contributed by atoms with Crippen LogP contribution in [0.2, 0.25) is 0 Å². The van der Waals surface area contributed by atoms with Gasteiger partial charge in [-0.15, -0.1) is 0 Å². The molecule has 2 aromatic rings. The molecule has 0 radical (unpaired) electrons. The molecule has 6 heteroatoms. The molecule has 1 aromatic heterocycles. The van der Waals surface area contributed by atoms with E-state index in [0.717, 1.165) is 41.9 Å². The lowest BCUT2D eigenvalue weighted by atomic mass is 10.1. The number of aromatic nitrogens is 2. The first-order chi connectivity index (χ1) is 9.97. The molecule has 0 spiro atoms. The van der Waals surface area contributed by atoms with Gasteiger partial charge in [0, 0.05) is 12.3 Å². The van der Waals surface area contributed by atoms with E-state index in [1.807, 2.05) is 6.92 Å². The van der Waals surface area contributed by atoms with Gasteiger partial charge in [-0.25, -0.2) is 4.98 Å². The highest BCUT2D eigenvalue weighted by molar-refractivity contribution is 5.24. The molecule has 0 atom stereocenters. The highest BCUT2D eigenvalue weighted by Crippen LogP contribution is 2.29. The van der Waals surface area contributed by atoms with Crippen LogP contribution in [0.15, 0.2) is 30.6 Å². The Balaban J connectivity index is 1.70. The van der Waals surface area contributed by atoms with Gasteiger partial charge in [0.15, 0.2) is 0 Å². The smallest absolute Gasteiger partial charge is 0.377 e. The first-order valence-electron chi connectivity index (χ1n) is 6.69. The number of hydrogen-bond acceptors (Lipinski definition) is 2. The lowest BCUT2D eigenvalue weighted by Gasteiger charge is -2.08. The number of H-pyrrole nitrogens is 1. The summed E-state index contributed by atoms with van der Waals surface area (Å²) >= 11 is 0. The number of aryl methyl sites for hydroxylation is 2. The lowest BCUT2D eigenvalue weighted by molar-refractivity contribution is -0.137. The third-order valence-electron chi connectivity index (χ3n) is 3.19. The number of hydrogen-bond donors (Lipinski definition) is 1. The largest absolute Gasteiger partial charge is 0.416 e. The van der Waals surface area contributed by atoms with Crippen LogP contribution in [-0.2, 0) is 23.9 Å². The van der Waals surface area contributed by atoms with E-state index in [1.54, 1.807) is 6.33 Å². The van der Waals surface area contributed by atoms with Crippen molar-refractivity contribution in [2.75, 3.05) is 6.61 Å². The number of halogens is 3. The number of benzene rings is 1. The van der Waals surface area contributed by atoms with Crippen molar-refractivity contribution in [1.29, 1.82) is 0 Å². The van der Waals surface area contributed by atoms with Gasteiger partial charge in [-0.05, 0) is 37.5 Å². The van der Waals surface area contributed by atoms with Gasteiger partial charge in [-0.1, -0.05) is 12.1 Å². The number of nitrogens with zero attached hydrogens (tertiary/aromatic N) is 1. The molecule has 2 rings (SSSR count). The zero-order valence-electron chi connectivity index (χ0n) is 11.7. The first-order valence-corrected chi connectivity index (χ1v) is 6.69. The maximum atomic E-state index is 12.4. The molecule has 1 heterocycles. The van der Waals surface area contributed by atoms with Crippen LogP contribution in [0.3, 0.4) is 0 Å². The zero-order valence-corrected chi connectivity index (χ0v) is 11.7. The van der Waals surface area contributed by atoms with Crippen molar-refractivity contribution in [3.8, 4) is 0 Å². The van der Waals surface area contributed by atoms with Crippen LogP contribution in [0.1, 0.15) is 28.9 Å². The van der Waals surface area contributed by atoms with E-state index in [-0.39, 0.29) is 0 Å². The van der Waals surface area contributed by atoms with Gasteiger partial charge >= 0.3 is 6.18 Å². The second-order valence-corrected chi connectivity index (χ2v) is 4.83. The fourth-order valence-electron chi connectivity index (χ4n) is 1.96. The van der Waals surface area contributed by atoms with Crippen molar-refractivity contribution >= 4 is 0 Å². The average molecular weight is 298 g/mol. The minimum Gasteiger partial charge on any atom is -0.377 e. The van der Waals surface area contributed by atoms with Crippen molar-refractivity contribution in [2.24, 2.45) is 0 Å². The third kappa shape index (κ3) is 4.60. The van der Waals surface area contributed by atoms with E-state index >= 15 is 0 Å². The minimum absolute atomic E-state index is 0.317. The Labute approximate surface area is 121 Å². The van der Waals surface area contributed by atoms with Crippen LogP contribution in [0.5, 0.6) is 0 Å². The Hall–Kier alpha value is -1.82. The fourth-order valence-corrected chi connectivity index (χ4v) is 1.96. The topological polar surface area (TPSA) is 37.9 Å². The molecule has 21 heavy (non-hydrogen) atoms. The number of nitrogens with one attached hydrogen (secondary N) is 1. The molecule has 114 valence electrons. The maximum Gasteiger partial charge on any atom is 0.416 e. The van der Waals surface area contributed by atoms with Crippen LogP contribution in [0, 0.1) is 6.92 Å². The number of imidazole rings is 1. The summed E-state index contributed by atoms with van der Waals surface area (Å²) in [5.74, 6) is 0. The molecular weight excluding hydrogens is 281 g/mol. The van der Waals surface area contributed by atoms with E-state index in [1.165, 1.54) is 12.1 Å². The predicted molar refractivity (Wildman–Crippen MR) is 72.7 cm³/mol. The molecule has 0 bridgehead atoms. The molecule has 0 aliphatic carbocycles. The highest BCUT2D eigenvalue weighted by atomic mass is 19.4. The molecule has 0 fully saturated rings. The summed E-state index contributed by atoms with van der Waals surface area (Å²) < 4.78 is 42.7. The predicted octanol–water partition coefficient (Wildman–Crippen LogP) is 3.89. The van der Waals surface area contributed by atoms with Crippen LogP contribution >= 0.6 is 0 Å². The zero-order chi connectivity index (χ0) is 15.3. The summed E-state index contributed by atoms with van der Waals surface area (Å²) in [6, 6.07) is 5.04. The van der Waals surface area contributed by atoms with Crippen molar-refractivity contribution in [1.82, 2.24) is 9.97 Å². The maximum absolute atomic E-state index is 12.4.